The van der Waals surface area contributed by atoms with Crippen molar-refractivity contribution >= 4 is 29.3 Å². The molecule has 2 aromatic heterocycles. The fraction of sp³-hybridized carbons (Fsp3) is 0.286. The van der Waals surface area contributed by atoms with Gasteiger partial charge in [-0.1, -0.05) is 11.6 Å². The standard InChI is InChI=1S/C14H16ClN5O/c1-8-5-9(2)17-14(16-8)19-13(21)10-6-11(15)18-12(7-10)20(3)4/h5-7H,1-4H3,(H,16,17,19,21). The van der Waals surface area contributed by atoms with E-state index in [0.717, 1.165) is 11.4 Å². The van der Waals surface area contributed by atoms with E-state index in [0.29, 0.717) is 11.4 Å². The first-order valence-electron chi connectivity index (χ1n) is 6.33. The zero-order valence-electron chi connectivity index (χ0n) is 12.3. The number of rotatable bonds is 3. The second-order valence-electron chi connectivity index (χ2n) is 4.86. The predicted molar refractivity (Wildman–Crippen MR) is 83.0 cm³/mol. The molecule has 21 heavy (non-hydrogen) atoms. The number of carbonyl (C=O) groups excluding carboxylic acids is 1. The van der Waals surface area contributed by atoms with Crippen LogP contribution in [0.3, 0.4) is 0 Å². The highest BCUT2D eigenvalue weighted by Gasteiger charge is 2.12. The molecule has 0 bridgehead atoms. The Bertz CT molecular complexity index is 667. The number of nitrogens with zero attached hydrogens (tertiary/aromatic N) is 4. The molecule has 0 spiro atoms. The number of anilines is 2. The molecule has 0 aliphatic rings. The van der Waals surface area contributed by atoms with Gasteiger partial charge in [0.25, 0.3) is 5.91 Å². The fourth-order valence-electron chi connectivity index (χ4n) is 1.80. The summed E-state index contributed by atoms with van der Waals surface area (Å²) in [5.74, 6) is 0.554. The van der Waals surface area contributed by atoms with Gasteiger partial charge in [-0.25, -0.2) is 15.0 Å². The van der Waals surface area contributed by atoms with Crippen LogP contribution in [0.4, 0.5) is 11.8 Å². The minimum Gasteiger partial charge on any atom is -0.363 e. The molecule has 6 nitrogen and oxygen atoms in total. The molecule has 1 N–H and O–H groups in total. The summed E-state index contributed by atoms with van der Waals surface area (Å²) in [6.07, 6.45) is 0. The lowest BCUT2D eigenvalue weighted by atomic mass is 10.2. The number of hydrogen-bond donors (Lipinski definition) is 1. The van der Waals surface area contributed by atoms with Gasteiger partial charge in [-0.05, 0) is 32.0 Å². The van der Waals surface area contributed by atoms with Gasteiger partial charge in [-0.3, -0.25) is 10.1 Å². The zero-order valence-corrected chi connectivity index (χ0v) is 13.1. The monoisotopic (exact) mass is 305 g/mol. The fourth-order valence-corrected chi connectivity index (χ4v) is 2.00. The Morgan fingerprint density at radius 3 is 2.29 bits per heavy atom. The van der Waals surface area contributed by atoms with Crippen LogP contribution in [0.5, 0.6) is 0 Å². The first kappa shape index (κ1) is 15.2. The van der Waals surface area contributed by atoms with E-state index in [1.165, 1.54) is 6.07 Å². The van der Waals surface area contributed by atoms with Crippen molar-refractivity contribution in [2.75, 3.05) is 24.3 Å². The van der Waals surface area contributed by atoms with E-state index in [-0.39, 0.29) is 17.0 Å². The molecule has 0 saturated carbocycles. The number of halogens is 1. The topological polar surface area (TPSA) is 71.0 Å². The van der Waals surface area contributed by atoms with Gasteiger partial charge in [-0.2, -0.15) is 0 Å². The summed E-state index contributed by atoms with van der Waals surface area (Å²) < 4.78 is 0. The highest BCUT2D eigenvalue weighted by molar-refractivity contribution is 6.30. The zero-order chi connectivity index (χ0) is 15.6. The quantitative estimate of drug-likeness (QED) is 0.882. The molecule has 0 atom stereocenters. The van der Waals surface area contributed by atoms with Gasteiger partial charge in [-0.15, -0.1) is 0 Å². The van der Waals surface area contributed by atoms with Gasteiger partial charge in [0.1, 0.15) is 11.0 Å². The van der Waals surface area contributed by atoms with Crippen LogP contribution in [0, 0.1) is 13.8 Å². The lowest BCUT2D eigenvalue weighted by molar-refractivity contribution is 0.102. The molecule has 0 radical (unpaired) electrons. The summed E-state index contributed by atoms with van der Waals surface area (Å²) in [7, 11) is 3.65. The molecule has 2 rings (SSSR count). The van der Waals surface area contributed by atoms with Crippen molar-refractivity contribution in [3.8, 4) is 0 Å². The third-order valence-corrected chi connectivity index (χ3v) is 2.90. The lowest BCUT2D eigenvalue weighted by Crippen LogP contribution is -2.17. The second-order valence-corrected chi connectivity index (χ2v) is 5.25. The normalized spacial score (nSPS) is 10.3. The Kier molecular flexibility index (Phi) is 4.37. The Hall–Kier alpha value is -2.21. The molecule has 0 aliphatic carbocycles. The second kappa shape index (κ2) is 6.05. The number of pyridine rings is 1. The summed E-state index contributed by atoms with van der Waals surface area (Å²) in [6.45, 7) is 3.69. The summed E-state index contributed by atoms with van der Waals surface area (Å²) in [5, 5.41) is 2.92. The molecule has 2 aromatic rings. The van der Waals surface area contributed by atoms with Crippen LogP contribution < -0.4 is 10.2 Å². The number of nitrogens with one attached hydrogen (secondary N) is 1. The van der Waals surface area contributed by atoms with Crippen LogP contribution in [-0.4, -0.2) is 35.0 Å². The Morgan fingerprint density at radius 2 is 1.71 bits per heavy atom. The maximum atomic E-state index is 12.3. The van der Waals surface area contributed by atoms with Crippen molar-refractivity contribution in [2.24, 2.45) is 0 Å². The van der Waals surface area contributed by atoms with E-state index < -0.39 is 0 Å². The van der Waals surface area contributed by atoms with Crippen LogP contribution >= 0.6 is 11.6 Å². The average Bonchev–Trinajstić information content (AvgIpc) is 2.36. The van der Waals surface area contributed by atoms with Crippen LogP contribution in [-0.2, 0) is 0 Å². The first-order valence-corrected chi connectivity index (χ1v) is 6.71. The van der Waals surface area contributed by atoms with E-state index >= 15 is 0 Å². The van der Waals surface area contributed by atoms with Crippen LogP contribution in [0.25, 0.3) is 0 Å². The maximum Gasteiger partial charge on any atom is 0.258 e. The molecule has 0 saturated heterocycles. The van der Waals surface area contributed by atoms with Gasteiger partial charge in [0.05, 0.1) is 0 Å². The molecule has 0 unspecified atom stereocenters. The molecule has 0 fully saturated rings. The number of aryl methyl sites for hydroxylation is 2. The van der Waals surface area contributed by atoms with Crippen molar-refractivity contribution in [3.05, 3.63) is 40.3 Å². The van der Waals surface area contributed by atoms with E-state index in [1.54, 1.807) is 11.0 Å². The molecule has 110 valence electrons. The van der Waals surface area contributed by atoms with Crippen molar-refractivity contribution in [2.45, 2.75) is 13.8 Å². The van der Waals surface area contributed by atoms with E-state index in [9.17, 15) is 4.79 Å². The Balaban J connectivity index is 2.28. The predicted octanol–water partition coefficient (Wildman–Crippen LogP) is 2.46. The largest absolute Gasteiger partial charge is 0.363 e. The third-order valence-electron chi connectivity index (χ3n) is 2.71. The molecule has 0 aliphatic heterocycles. The number of aromatic nitrogens is 3. The number of amides is 1. The molecule has 2 heterocycles. The molecular formula is C14H16ClN5O. The minimum atomic E-state index is -0.326. The number of hydrogen-bond acceptors (Lipinski definition) is 5. The summed E-state index contributed by atoms with van der Waals surface area (Å²) in [5.41, 5.74) is 1.99. The van der Waals surface area contributed by atoms with Crippen molar-refractivity contribution in [1.82, 2.24) is 15.0 Å². The summed E-state index contributed by atoms with van der Waals surface area (Å²) in [4.78, 5) is 26.5. The van der Waals surface area contributed by atoms with Crippen LogP contribution in [0.15, 0.2) is 18.2 Å². The molecule has 0 aromatic carbocycles. The van der Waals surface area contributed by atoms with Gasteiger partial charge in [0.15, 0.2) is 0 Å². The highest BCUT2D eigenvalue weighted by atomic mass is 35.5. The van der Waals surface area contributed by atoms with Gasteiger partial charge in [0.2, 0.25) is 5.95 Å². The molecule has 1 amide bonds. The number of carbonyl (C=O) groups is 1. The lowest BCUT2D eigenvalue weighted by Gasteiger charge is -2.13. The average molecular weight is 306 g/mol. The molecular weight excluding hydrogens is 290 g/mol. The van der Waals surface area contributed by atoms with Gasteiger partial charge < -0.3 is 4.90 Å². The summed E-state index contributed by atoms with van der Waals surface area (Å²) >= 11 is 5.94. The SMILES string of the molecule is Cc1cc(C)nc(NC(=O)c2cc(Cl)nc(N(C)C)c2)n1. The first-order chi connectivity index (χ1) is 9.85. The highest BCUT2D eigenvalue weighted by Crippen LogP contribution is 2.17. The van der Waals surface area contributed by atoms with Crippen LogP contribution in [0.1, 0.15) is 21.7 Å². The third kappa shape index (κ3) is 3.88. The van der Waals surface area contributed by atoms with Gasteiger partial charge >= 0.3 is 0 Å². The van der Waals surface area contributed by atoms with E-state index in [1.807, 2.05) is 34.0 Å². The van der Waals surface area contributed by atoms with Crippen LogP contribution in [0.2, 0.25) is 5.15 Å². The summed E-state index contributed by atoms with van der Waals surface area (Å²) in [6, 6.07) is 5.00. The van der Waals surface area contributed by atoms with Crippen molar-refractivity contribution in [1.29, 1.82) is 0 Å². The minimum absolute atomic E-state index is 0.257. The maximum absolute atomic E-state index is 12.3. The van der Waals surface area contributed by atoms with Crippen molar-refractivity contribution in [3.63, 3.8) is 0 Å². The Morgan fingerprint density at radius 1 is 1.10 bits per heavy atom. The van der Waals surface area contributed by atoms with Crippen molar-refractivity contribution < 1.29 is 4.79 Å². The molecule has 7 heteroatoms. The Labute approximate surface area is 128 Å². The smallest absolute Gasteiger partial charge is 0.258 e. The van der Waals surface area contributed by atoms with E-state index in [2.05, 4.69) is 20.3 Å². The van der Waals surface area contributed by atoms with Gasteiger partial charge in [0, 0.05) is 31.0 Å². The van der Waals surface area contributed by atoms with E-state index in [4.69, 9.17) is 11.6 Å².